The van der Waals surface area contributed by atoms with E-state index in [1.54, 1.807) is 0 Å². The van der Waals surface area contributed by atoms with Crippen molar-refractivity contribution in [2.24, 2.45) is 0 Å². The molecular formula is C14H18BrN3O. The molecule has 0 saturated carbocycles. The normalized spacial score (nSPS) is 10.7. The van der Waals surface area contributed by atoms with Crippen LogP contribution in [-0.4, -0.2) is 9.78 Å². The summed E-state index contributed by atoms with van der Waals surface area (Å²) in [6.07, 6.45) is 0. The molecule has 19 heavy (non-hydrogen) atoms. The second-order valence-corrected chi connectivity index (χ2v) is 5.24. The zero-order valence-corrected chi connectivity index (χ0v) is 13.0. The van der Waals surface area contributed by atoms with Crippen LogP contribution in [0.3, 0.4) is 0 Å². The van der Waals surface area contributed by atoms with E-state index >= 15 is 0 Å². The number of anilines is 1. The van der Waals surface area contributed by atoms with Gasteiger partial charge < -0.3 is 10.5 Å². The molecule has 0 aliphatic heterocycles. The van der Waals surface area contributed by atoms with Crippen LogP contribution < -0.4 is 10.5 Å². The van der Waals surface area contributed by atoms with Gasteiger partial charge in [-0.3, -0.25) is 4.68 Å². The Labute approximate surface area is 121 Å². The van der Waals surface area contributed by atoms with Crippen molar-refractivity contribution < 1.29 is 4.74 Å². The Kier molecular flexibility index (Phi) is 4.14. The molecule has 0 radical (unpaired) electrons. The number of hydrogen-bond donors (Lipinski definition) is 1. The van der Waals surface area contributed by atoms with Crippen LogP contribution in [-0.2, 0) is 13.2 Å². The summed E-state index contributed by atoms with van der Waals surface area (Å²) in [7, 11) is 0. The molecule has 4 nitrogen and oxygen atoms in total. The fraction of sp³-hybridized carbons (Fsp3) is 0.357. The minimum absolute atomic E-state index is 0.449. The first kappa shape index (κ1) is 13.9. The van der Waals surface area contributed by atoms with Gasteiger partial charge in [0.05, 0.1) is 21.5 Å². The van der Waals surface area contributed by atoms with E-state index in [9.17, 15) is 0 Å². The zero-order chi connectivity index (χ0) is 14.0. The SMILES string of the molecule is CCn1nc(C)c(Br)c1COc1c(C)cccc1N. The monoisotopic (exact) mass is 323 g/mol. The van der Waals surface area contributed by atoms with Crippen LogP contribution in [0.5, 0.6) is 5.75 Å². The smallest absolute Gasteiger partial charge is 0.145 e. The molecular weight excluding hydrogens is 306 g/mol. The number of para-hydroxylation sites is 1. The summed E-state index contributed by atoms with van der Waals surface area (Å²) >= 11 is 3.56. The third-order valence-electron chi connectivity index (χ3n) is 3.05. The molecule has 0 bridgehead atoms. The Morgan fingerprint density at radius 2 is 2.11 bits per heavy atom. The van der Waals surface area contributed by atoms with E-state index < -0.39 is 0 Å². The lowest BCUT2D eigenvalue weighted by Gasteiger charge is -2.12. The number of benzene rings is 1. The molecule has 0 spiro atoms. The summed E-state index contributed by atoms with van der Waals surface area (Å²) in [5.41, 5.74) is 9.64. The van der Waals surface area contributed by atoms with Gasteiger partial charge in [0.2, 0.25) is 0 Å². The first-order chi connectivity index (χ1) is 9.04. The van der Waals surface area contributed by atoms with E-state index in [4.69, 9.17) is 10.5 Å². The van der Waals surface area contributed by atoms with Crippen LogP contribution in [0.15, 0.2) is 22.7 Å². The quantitative estimate of drug-likeness (QED) is 0.877. The number of aryl methyl sites for hydroxylation is 3. The third kappa shape index (κ3) is 2.76. The predicted octanol–water partition coefficient (Wildman–Crippen LogP) is 3.44. The van der Waals surface area contributed by atoms with E-state index in [0.29, 0.717) is 12.3 Å². The Balaban J connectivity index is 2.24. The molecule has 2 rings (SSSR count). The molecule has 2 aromatic rings. The maximum absolute atomic E-state index is 5.94. The largest absolute Gasteiger partial charge is 0.485 e. The number of nitrogens with two attached hydrogens (primary N) is 1. The Bertz CT molecular complexity index is 572. The molecule has 0 aliphatic rings. The molecule has 0 atom stereocenters. The predicted molar refractivity (Wildman–Crippen MR) is 80.3 cm³/mol. The second-order valence-electron chi connectivity index (χ2n) is 4.44. The van der Waals surface area contributed by atoms with Gasteiger partial charge in [-0.25, -0.2) is 0 Å². The molecule has 0 fully saturated rings. The summed E-state index contributed by atoms with van der Waals surface area (Å²) in [4.78, 5) is 0. The van der Waals surface area contributed by atoms with Crippen molar-refractivity contribution in [3.8, 4) is 5.75 Å². The van der Waals surface area contributed by atoms with Gasteiger partial charge >= 0.3 is 0 Å². The Morgan fingerprint density at radius 3 is 2.74 bits per heavy atom. The summed E-state index contributed by atoms with van der Waals surface area (Å²) in [5.74, 6) is 0.746. The Morgan fingerprint density at radius 1 is 1.37 bits per heavy atom. The van der Waals surface area contributed by atoms with Crippen LogP contribution in [0.4, 0.5) is 5.69 Å². The molecule has 0 saturated heterocycles. The van der Waals surface area contributed by atoms with Crippen molar-refractivity contribution in [2.45, 2.75) is 33.9 Å². The number of aromatic nitrogens is 2. The molecule has 5 heteroatoms. The van der Waals surface area contributed by atoms with Crippen LogP contribution in [0, 0.1) is 13.8 Å². The van der Waals surface area contributed by atoms with Gasteiger partial charge in [0.1, 0.15) is 12.4 Å². The highest BCUT2D eigenvalue weighted by Crippen LogP contribution is 2.28. The van der Waals surface area contributed by atoms with E-state index in [-0.39, 0.29) is 0 Å². The lowest BCUT2D eigenvalue weighted by Crippen LogP contribution is -2.08. The first-order valence-corrected chi connectivity index (χ1v) is 7.03. The van der Waals surface area contributed by atoms with Gasteiger partial charge in [0, 0.05) is 6.54 Å². The van der Waals surface area contributed by atoms with Gasteiger partial charge in [-0.1, -0.05) is 12.1 Å². The van der Waals surface area contributed by atoms with Crippen LogP contribution in [0.2, 0.25) is 0 Å². The van der Waals surface area contributed by atoms with E-state index in [1.165, 1.54) is 0 Å². The molecule has 1 aromatic carbocycles. The van der Waals surface area contributed by atoms with E-state index in [0.717, 1.165) is 33.7 Å². The standard InChI is InChI=1S/C14H18BrN3O/c1-4-18-12(13(15)10(3)17-18)8-19-14-9(2)6-5-7-11(14)16/h5-7H,4,8,16H2,1-3H3. The lowest BCUT2D eigenvalue weighted by molar-refractivity contribution is 0.291. The van der Waals surface area contributed by atoms with Crippen LogP contribution in [0.1, 0.15) is 23.9 Å². The molecule has 102 valence electrons. The first-order valence-electron chi connectivity index (χ1n) is 6.24. The van der Waals surface area contributed by atoms with Gasteiger partial charge in [0.25, 0.3) is 0 Å². The van der Waals surface area contributed by atoms with Crippen molar-refractivity contribution in [3.63, 3.8) is 0 Å². The van der Waals surface area contributed by atoms with Crippen molar-refractivity contribution in [1.82, 2.24) is 9.78 Å². The number of ether oxygens (including phenoxy) is 1. The van der Waals surface area contributed by atoms with Crippen molar-refractivity contribution in [3.05, 3.63) is 39.6 Å². The second kappa shape index (κ2) is 5.65. The van der Waals surface area contributed by atoms with Gasteiger partial charge in [-0.05, 0) is 48.3 Å². The molecule has 1 heterocycles. The fourth-order valence-corrected chi connectivity index (χ4v) is 2.42. The summed E-state index contributed by atoms with van der Waals surface area (Å²) in [6.45, 7) is 7.29. The van der Waals surface area contributed by atoms with E-state index in [2.05, 4.69) is 28.0 Å². The van der Waals surface area contributed by atoms with Gasteiger partial charge in [-0.2, -0.15) is 5.10 Å². The van der Waals surface area contributed by atoms with Crippen molar-refractivity contribution in [2.75, 3.05) is 5.73 Å². The van der Waals surface area contributed by atoms with Crippen molar-refractivity contribution in [1.29, 1.82) is 0 Å². The van der Waals surface area contributed by atoms with Crippen LogP contribution in [0.25, 0.3) is 0 Å². The summed E-state index contributed by atoms with van der Waals surface area (Å²) in [6, 6.07) is 5.76. The molecule has 0 amide bonds. The molecule has 0 aliphatic carbocycles. The fourth-order valence-electron chi connectivity index (χ4n) is 2.02. The molecule has 2 N–H and O–H groups in total. The Hall–Kier alpha value is -1.49. The number of hydrogen-bond acceptors (Lipinski definition) is 3. The van der Waals surface area contributed by atoms with Crippen LogP contribution >= 0.6 is 15.9 Å². The maximum atomic E-state index is 5.94. The minimum atomic E-state index is 0.449. The topological polar surface area (TPSA) is 53.1 Å². The lowest BCUT2D eigenvalue weighted by atomic mass is 10.2. The van der Waals surface area contributed by atoms with Gasteiger partial charge in [0.15, 0.2) is 0 Å². The number of halogens is 1. The van der Waals surface area contributed by atoms with E-state index in [1.807, 2.05) is 36.7 Å². The number of nitrogens with zero attached hydrogens (tertiary/aromatic N) is 2. The number of rotatable bonds is 4. The average Bonchev–Trinajstić information content (AvgIpc) is 2.65. The highest BCUT2D eigenvalue weighted by molar-refractivity contribution is 9.10. The highest BCUT2D eigenvalue weighted by Gasteiger charge is 2.13. The molecule has 0 unspecified atom stereocenters. The highest BCUT2D eigenvalue weighted by atomic mass is 79.9. The molecule has 1 aromatic heterocycles. The minimum Gasteiger partial charge on any atom is -0.485 e. The summed E-state index contributed by atoms with van der Waals surface area (Å²) in [5, 5.41) is 4.44. The average molecular weight is 324 g/mol. The number of nitrogen functional groups attached to an aromatic ring is 1. The summed E-state index contributed by atoms with van der Waals surface area (Å²) < 4.78 is 8.81. The maximum Gasteiger partial charge on any atom is 0.145 e. The van der Waals surface area contributed by atoms with Gasteiger partial charge in [-0.15, -0.1) is 0 Å². The zero-order valence-electron chi connectivity index (χ0n) is 11.4. The third-order valence-corrected chi connectivity index (χ3v) is 4.08. The van der Waals surface area contributed by atoms with Crippen molar-refractivity contribution >= 4 is 21.6 Å².